The van der Waals surface area contributed by atoms with Crippen molar-refractivity contribution >= 4 is 8.30 Å². The molecule has 0 spiro atoms. The number of aromatic amines is 1. The molecular formula is C24H40N5O6P. The third-order valence-electron chi connectivity index (χ3n) is 6.49. The van der Waals surface area contributed by atoms with Crippen molar-refractivity contribution in [2.45, 2.75) is 77.2 Å². The van der Waals surface area contributed by atoms with Gasteiger partial charge >= 0.3 is 5.69 Å². The predicted molar refractivity (Wildman–Crippen MR) is 137 cm³/mol. The second-order valence-electron chi connectivity index (χ2n) is 9.65. The fourth-order valence-corrected chi connectivity index (χ4v) is 7.23. The zero-order valence-corrected chi connectivity index (χ0v) is 22.9. The van der Waals surface area contributed by atoms with Crippen molar-refractivity contribution < 1.29 is 18.7 Å². The lowest BCUT2D eigenvalue weighted by atomic mass is 10.1. The number of aromatic nitrogens is 2. The maximum absolute atomic E-state index is 12.6. The largest absolute Gasteiger partial charge is 0.379 e. The third-order valence-corrected chi connectivity index (χ3v) is 9.02. The van der Waals surface area contributed by atoms with Crippen molar-refractivity contribution in [2.75, 3.05) is 46.1 Å². The van der Waals surface area contributed by atoms with Crippen LogP contribution in [0.15, 0.2) is 21.9 Å². The van der Waals surface area contributed by atoms with E-state index in [1.807, 2.05) is 0 Å². The van der Waals surface area contributed by atoms with Crippen LogP contribution in [-0.4, -0.2) is 95.6 Å². The van der Waals surface area contributed by atoms with Gasteiger partial charge in [-0.1, -0.05) is 0 Å². The number of morpholine rings is 1. The van der Waals surface area contributed by atoms with E-state index in [4.69, 9.17) is 18.7 Å². The molecule has 0 aliphatic carbocycles. The number of nitrogens with zero attached hydrogens (tertiary/aromatic N) is 4. The fourth-order valence-electron chi connectivity index (χ4n) is 4.92. The number of ether oxygens (including phenoxy) is 3. The smallest absolute Gasteiger partial charge is 0.330 e. The monoisotopic (exact) mass is 525 g/mol. The highest BCUT2D eigenvalue weighted by molar-refractivity contribution is 7.50. The number of nitriles is 1. The minimum absolute atomic E-state index is 0.225. The lowest BCUT2D eigenvalue weighted by molar-refractivity contribution is -0.0569. The predicted octanol–water partition coefficient (Wildman–Crippen LogP) is 1.90. The average Bonchev–Trinajstić information content (AvgIpc) is 3.18. The molecule has 2 aliphatic rings. The van der Waals surface area contributed by atoms with E-state index in [1.165, 1.54) is 16.8 Å². The van der Waals surface area contributed by atoms with E-state index in [0.29, 0.717) is 32.2 Å². The van der Waals surface area contributed by atoms with Crippen molar-refractivity contribution in [1.82, 2.24) is 19.1 Å². The Kier molecular flexibility index (Phi) is 11.1. The summed E-state index contributed by atoms with van der Waals surface area (Å²) in [5.74, 6) is 0. The standard InChI is InChI=1S/C24H40N5O6P/c1-17(2)29(18(3)4)36(16-6-9-25)35-21-19(7-10-27-12-14-33-15-13-27)34-23(22(21)32-5)28-11-8-20(30)26-24(28)31/h8,11,17-19,21-23H,6-7,10,12-16H2,1-5H3,(H,26,30,31)/t19-,21?,22?,23-,36?/m1/s1. The molecule has 11 nitrogen and oxygen atoms in total. The lowest BCUT2D eigenvalue weighted by Gasteiger charge is -2.39. The molecule has 2 saturated heterocycles. The summed E-state index contributed by atoms with van der Waals surface area (Å²) in [6.07, 6.45) is 0.994. The van der Waals surface area contributed by atoms with Crippen molar-refractivity contribution in [3.05, 3.63) is 33.1 Å². The second-order valence-corrected chi connectivity index (χ2v) is 11.5. The molecule has 0 aromatic carbocycles. The van der Waals surface area contributed by atoms with Crippen molar-refractivity contribution in [2.24, 2.45) is 0 Å². The molecule has 12 heteroatoms. The SMILES string of the molecule is COC1C(OP(CCC#N)N(C(C)C)C(C)C)[C@@H](CCN2CCOCC2)O[C@H]1n1ccc(=O)[nH]c1=O. The first-order valence-corrected chi connectivity index (χ1v) is 14.1. The number of H-pyrrole nitrogens is 1. The van der Waals surface area contributed by atoms with E-state index in [2.05, 4.69) is 48.3 Å². The Bertz CT molecular complexity index is 965. The summed E-state index contributed by atoms with van der Waals surface area (Å²) in [6, 6.07) is 4.01. The Labute approximate surface area is 214 Å². The molecular weight excluding hydrogens is 485 g/mol. The van der Waals surface area contributed by atoms with E-state index in [1.54, 1.807) is 7.11 Å². The molecule has 5 atom stereocenters. The van der Waals surface area contributed by atoms with Crippen LogP contribution in [0.1, 0.15) is 46.8 Å². The van der Waals surface area contributed by atoms with Crippen LogP contribution in [0.2, 0.25) is 0 Å². The maximum Gasteiger partial charge on any atom is 0.330 e. The van der Waals surface area contributed by atoms with Gasteiger partial charge in [0.25, 0.3) is 5.56 Å². The van der Waals surface area contributed by atoms with E-state index in [-0.39, 0.29) is 18.2 Å². The molecule has 3 rings (SSSR count). The molecule has 1 aromatic rings. The molecule has 202 valence electrons. The molecule has 2 aliphatic heterocycles. The van der Waals surface area contributed by atoms with Gasteiger partial charge in [-0.05, 0) is 34.1 Å². The van der Waals surface area contributed by atoms with Gasteiger partial charge in [0.1, 0.15) is 20.5 Å². The first-order valence-electron chi connectivity index (χ1n) is 12.7. The molecule has 1 N–H and O–H groups in total. The Hall–Kier alpha value is -1.64. The van der Waals surface area contributed by atoms with E-state index < -0.39 is 38.0 Å². The topological polar surface area (TPSA) is 122 Å². The average molecular weight is 526 g/mol. The number of methoxy groups -OCH3 is 1. The maximum atomic E-state index is 12.6. The van der Waals surface area contributed by atoms with Gasteiger partial charge in [-0.2, -0.15) is 5.26 Å². The zero-order valence-electron chi connectivity index (χ0n) is 22.0. The van der Waals surface area contributed by atoms with E-state index >= 15 is 0 Å². The van der Waals surface area contributed by atoms with Crippen molar-refractivity contribution in [3.8, 4) is 6.07 Å². The van der Waals surface area contributed by atoms with Gasteiger partial charge in [-0.15, -0.1) is 0 Å². The molecule has 3 unspecified atom stereocenters. The highest BCUT2D eigenvalue weighted by Gasteiger charge is 2.48. The number of rotatable bonds is 12. The first kappa shape index (κ1) is 28.9. The van der Waals surface area contributed by atoms with Crippen LogP contribution in [0.3, 0.4) is 0 Å². The summed E-state index contributed by atoms with van der Waals surface area (Å²) in [4.78, 5) is 28.9. The quantitative estimate of drug-likeness (QED) is 0.408. The first-order chi connectivity index (χ1) is 17.3. The molecule has 0 amide bonds. The Morgan fingerprint density at radius 1 is 1.22 bits per heavy atom. The Morgan fingerprint density at radius 2 is 1.92 bits per heavy atom. The minimum atomic E-state index is -1.13. The molecule has 36 heavy (non-hydrogen) atoms. The van der Waals surface area contributed by atoms with Crippen LogP contribution in [0.25, 0.3) is 0 Å². The second kappa shape index (κ2) is 13.8. The minimum Gasteiger partial charge on any atom is -0.379 e. The third kappa shape index (κ3) is 7.23. The molecule has 1 aromatic heterocycles. The summed E-state index contributed by atoms with van der Waals surface area (Å²) in [6.45, 7) is 12.4. The molecule has 0 saturated carbocycles. The highest BCUT2D eigenvalue weighted by atomic mass is 31.2. The molecule has 0 radical (unpaired) electrons. The van der Waals surface area contributed by atoms with Gasteiger partial charge in [-0.3, -0.25) is 23.9 Å². The lowest BCUT2D eigenvalue weighted by Crippen LogP contribution is -2.42. The summed E-state index contributed by atoms with van der Waals surface area (Å²) in [7, 11) is 0.449. The fraction of sp³-hybridized carbons (Fsp3) is 0.792. The Balaban J connectivity index is 1.91. The van der Waals surface area contributed by atoms with Crippen LogP contribution in [0.4, 0.5) is 0 Å². The Morgan fingerprint density at radius 3 is 2.50 bits per heavy atom. The van der Waals surface area contributed by atoms with Crippen LogP contribution < -0.4 is 11.2 Å². The molecule has 2 fully saturated rings. The summed E-state index contributed by atoms with van der Waals surface area (Å²) in [5.41, 5.74) is -1.02. The van der Waals surface area contributed by atoms with E-state index in [0.717, 1.165) is 19.6 Å². The van der Waals surface area contributed by atoms with Gasteiger partial charge in [-0.25, -0.2) is 4.79 Å². The van der Waals surface area contributed by atoms with Gasteiger partial charge in [0, 0.05) is 63.7 Å². The van der Waals surface area contributed by atoms with Crippen LogP contribution in [0.5, 0.6) is 0 Å². The molecule has 3 heterocycles. The molecule has 0 bridgehead atoms. The number of nitrogens with one attached hydrogen (secondary N) is 1. The van der Waals surface area contributed by atoms with E-state index in [9.17, 15) is 14.9 Å². The van der Waals surface area contributed by atoms with Crippen molar-refractivity contribution in [1.29, 1.82) is 5.26 Å². The number of hydrogen-bond acceptors (Lipinski definition) is 9. The van der Waals surface area contributed by atoms with Gasteiger partial charge in [0.2, 0.25) is 0 Å². The highest BCUT2D eigenvalue weighted by Crippen LogP contribution is 2.50. The van der Waals surface area contributed by atoms with Crippen LogP contribution >= 0.6 is 8.30 Å². The van der Waals surface area contributed by atoms with Crippen molar-refractivity contribution in [3.63, 3.8) is 0 Å². The van der Waals surface area contributed by atoms with Crippen LogP contribution in [-0.2, 0) is 18.7 Å². The summed E-state index contributed by atoms with van der Waals surface area (Å²) in [5, 5.41) is 9.31. The normalized spacial score (nSPS) is 26.1. The van der Waals surface area contributed by atoms with Gasteiger partial charge in [0.05, 0.1) is 25.4 Å². The summed E-state index contributed by atoms with van der Waals surface area (Å²) >= 11 is 0. The zero-order chi connectivity index (χ0) is 26.2. The van der Waals surface area contributed by atoms with Crippen LogP contribution in [0, 0.1) is 11.3 Å². The van der Waals surface area contributed by atoms with Gasteiger partial charge < -0.3 is 18.7 Å². The summed E-state index contributed by atoms with van der Waals surface area (Å²) < 4.78 is 28.3. The number of hydrogen-bond donors (Lipinski definition) is 1. The van der Waals surface area contributed by atoms with Gasteiger partial charge in [0.15, 0.2) is 6.23 Å².